The van der Waals surface area contributed by atoms with Gasteiger partial charge in [-0.2, -0.15) is 0 Å². The third-order valence-electron chi connectivity index (χ3n) is 2.31. The van der Waals surface area contributed by atoms with Crippen LogP contribution in [-0.4, -0.2) is 48.2 Å². The van der Waals surface area contributed by atoms with Crippen molar-refractivity contribution < 1.29 is 14.7 Å². The van der Waals surface area contributed by atoms with E-state index < -0.39 is 0 Å². The number of amides is 1. The second-order valence-electron chi connectivity index (χ2n) is 3.58. The van der Waals surface area contributed by atoms with Gasteiger partial charge in [0.05, 0.1) is 13.0 Å². The van der Waals surface area contributed by atoms with Crippen molar-refractivity contribution >= 4 is 11.7 Å². The first-order valence-corrected chi connectivity index (χ1v) is 4.93. The molecular formula is C9H17N3O3. The van der Waals surface area contributed by atoms with Crippen LogP contribution in [0.3, 0.4) is 0 Å². The zero-order valence-electron chi connectivity index (χ0n) is 8.85. The van der Waals surface area contributed by atoms with Crippen LogP contribution in [0.15, 0.2) is 5.16 Å². The predicted molar refractivity (Wildman–Crippen MR) is 54.6 cm³/mol. The molecule has 1 saturated carbocycles. The first-order valence-electron chi connectivity index (χ1n) is 4.93. The van der Waals surface area contributed by atoms with Gasteiger partial charge in [-0.3, -0.25) is 4.79 Å². The third kappa shape index (κ3) is 3.75. The van der Waals surface area contributed by atoms with E-state index in [1.165, 1.54) is 0 Å². The van der Waals surface area contributed by atoms with Gasteiger partial charge in [0, 0.05) is 19.7 Å². The summed E-state index contributed by atoms with van der Waals surface area (Å²) in [5, 5.41) is 11.1. The van der Waals surface area contributed by atoms with Gasteiger partial charge in [0.25, 0.3) is 0 Å². The lowest BCUT2D eigenvalue weighted by atomic mass is 10.3. The summed E-state index contributed by atoms with van der Waals surface area (Å²) >= 11 is 0. The molecule has 0 aromatic carbocycles. The molecule has 3 N–H and O–H groups in total. The Morgan fingerprint density at radius 3 is 2.80 bits per heavy atom. The summed E-state index contributed by atoms with van der Waals surface area (Å²) < 4.78 is 4.93. The average Bonchev–Trinajstić information content (AvgIpc) is 3.02. The molecule has 0 heterocycles. The van der Waals surface area contributed by atoms with E-state index in [0.717, 1.165) is 12.8 Å². The molecule has 6 heteroatoms. The summed E-state index contributed by atoms with van der Waals surface area (Å²) in [6, 6.07) is 0.319. The highest BCUT2D eigenvalue weighted by Crippen LogP contribution is 2.27. The van der Waals surface area contributed by atoms with Crippen molar-refractivity contribution in [2.24, 2.45) is 10.9 Å². The Labute approximate surface area is 88.7 Å². The maximum absolute atomic E-state index is 11.7. The first-order chi connectivity index (χ1) is 7.19. The Balaban J connectivity index is 2.43. The number of oxime groups is 1. The van der Waals surface area contributed by atoms with Crippen molar-refractivity contribution in [3.05, 3.63) is 0 Å². The highest BCUT2D eigenvalue weighted by Gasteiger charge is 2.32. The second kappa shape index (κ2) is 5.55. The minimum absolute atomic E-state index is 0.0310. The summed E-state index contributed by atoms with van der Waals surface area (Å²) in [4.78, 5) is 13.4. The number of ether oxygens (including phenoxy) is 1. The van der Waals surface area contributed by atoms with Crippen molar-refractivity contribution in [1.29, 1.82) is 0 Å². The van der Waals surface area contributed by atoms with Crippen molar-refractivity contribution in [1.82, 2.24) is 4.90 Å². The molecule has 0 bridgehead atoms. The molecule has 1 rings (SSSR count). The van der Waals surface area contributed by atoms with E-state index in [-0.39, 0.29) is 18.2 Å². The van der Waals surface area contributed by atoms with Crippen molar-refractivity contribution in [2.75, 3.05) is 20.3 Å². The normalized spacial score (nSPS) is 16.5. The summed E-state index contributed by atoms with van der Waals surface area (Å²) in [6.45, 7) is 1.08. The van der Waals surface area contributed by atoms with E-state index in [1.807, 2.05) is 0 Å². The van der Waals surface area contributed by atoms with E-state index in [2.05, 4.69) is 5.16 Å². The van der Waals surface area contributed by atoms with Gasteiger partial charge in [-0.05, 0) is 12.8 Å². The molecule has 0 spiro atoms. The molecule has 0 saturated heterocycles. The molecule has 0 aliphatic heterocycles. The van der Waals surface area contributed by atoms with Crippen LogP contribution in [0.5, 0.6) is 0 Å². The highest BCUT2D eigenvalue weighted by atomic mass is 16.5. The van der Waals surface area contributed by atoms with E-state index in [0.29, 0.717) is 19.2 Å². The smallest absolute Gasteiger partial charge is 0.230 e. The quantitative estimate of drug-likeness (QED) is 0.277. The van der Waals surface area contributed by atoms with E-state index in [9.17, 15) is 4.79 Å². The summed E-state index contributed by atoms with van der Waals surface area (Å²) in [5.74, 6) is -0.159. The Kier molecular flexibility index (Phi) is 4.36. The maximum atomic E-state index is 11.7. The van der Waals surface area contributed by atoms with Crippen LogP contribution < -0.4 is 5.73 Å². The number of nitrogens with zero attached hydrogens (tertiary/aromatic N) is 2. The summed E-state index contributed by atoms with van der Waals surface area (Å²) in [6.07, 6.45) is 2.04. The standard InChI is InChI=1S/C9H17N3O3/c1-15-5-4-12(7-2-3-7)9(13)6-8(10)11-14/h7,14H,2-6H2,1H3,(H2,10,11). The van der Waals surface area contributed by atoms with Gasteiger partial charge < -0.3 is 20.6 Å². The molecule has 0 aromatic heterocycles. The molecule has 15 heavy (non-hydrogen) atoms. The van der Waals surface area contributed by atoms with Crippen LogP contribution in [0.1, 0.15) is 19.3 Å². The van der Waals surface area contributed by atoms with Gasteiger partial charge in [-0.15, -0.1) is 0 Å². The van der Waals surface area contributed by atoms with Crippen LogP contribution in [0.4, 0.5) is 0 Å². The Bertz CT molecular complexity index is 251. The van der Waals surface area contributed by atoms with Gasteiger partial charge in [-0.1, -0.05) is 5.16 Å². The van der Waals surface area contributed by atoms with Crippen molar-refractivity contribution in [3.8, 4) is 0 Å². The fourth-order valence-corrected chi connectivity index (χ4v) is 1.38. The van der Waals surface area contributed by atoms with Gasteiger partial charge in [0.15, 0.2) is 0 Å². The number of carbonyl (C=O) groups is 1. The molecule has 0 unspecified atom stereocenters. The lowest BCUT2D eigenvalue weighted by molar-refractivity contribution is -0.131. The number of hydrogen-bond acceptors (Lipinski definition) is 4. The fraction of sp³-hybridized carbons (Fsp3) is 0.778. The SMILES string of the molecule is COCCN(C(=O)C/C(N)=N/O)C1CC1. The second-order valence-corrected chi connectivity index (χ2v) is 3.58. The Morgan fingerprint density at radius 1 is 1.67 bits per heavy atom. The maximum Gasteiger partial charge on any atom is 0.230 e. The average molecular weight is 215 g/mol. The molecular weight excluding hydrogens is 198 g/mol. The number of rotatable bonds is 6. The molecule has 6 nitrogen and oxygen atoms in total. The fourth-order valence-electron chi connectivity index (χ4n) is 1.38. The monoisotopic (exact) mass is 215 g/mol. The van der Waals surface area contributed by atoms with Crippen LogP contribution >= 0.6 is 0 Å². The lowest BCUT2D eigenvalue weighted by Crippen LogP contribution is -2.38. The number of amidine groups is 1. The van der Waals surface area contributed by atoms with Crippen LogP contribution in [-0.2, 0) is 9.53 Å². The van der Waals surface area contributed by atoms with Crippen molar-refractivity contribution in [2.45, 2.75) is 25.3 Å². The molecule has 1 fully saturated rings. The molecule has 1 amide bonds. The summed E-state index contributed by atoms with van der Waals surface area (Å²) in [7, 11) is 1.60. The van der Waals surface area contributed by atoms with Gasteiger partial charge in [-0.25, -0.2) is 0 Å². The predicted octanol–water partition coefficient (Wildman–Crippen LogP) is -0.240. The number of nitrogens with two attached hydrogens (primary N) is 1. The zero-order valence-corrected chi connectivity index (χ0v) is 8.85. The van der Waals surface area contributed by atoms with Crippen molar-refractivity contribution in [3.63, 3.8) is 0 Å². The van der Waals surface area contributed by atoms with E-state index in [1.54, 1.807) is 12.0 Å². The highest BCUT2D eigenvalue weighted by molar-refractivity contribution is 5.98. The topological polar surface area (TPSA) is 88.2 Å². The number of methoxy groups -OCH3 is 1. The van der Waals surface area contributed by atoms with Crippen LogP contribution in [0, 0.1) is 0 Å². The Hall–Kier alpha value is -1.30. The number of carbonyl (C=O) groups excluding carboxylic acids is 1. The molecule has 86 valence electrons. The lowest BCUT2D eigenvalue weighted by Gasteiger charge is -2.21. The molecule has 0 atom stereocenters. The van der Waals surface area contributed by atoms with Gasteiger partial charge >= 0.3 is 0 Å². The third-order valence-corrected chi connectivity index (χ3v) is 2.31. The Morgan fingerprint density at radius 2 is 2.33 bits per heavy atom. The molecule has 0 aromatic rings. The zero-order chi connectivity index (χ0) is 11.3. The molecule has 1 aliphatic carbocycles. The van der Waals surface area contributed by atoms with Crippen LogP contribution in [0.25, 0.3) is 0 Å². The van der Waals surface area contributed by atoms with Gasteiger partial charge in [0.2, 0.25) is 5.91 Å². The van der Waals surface area contributed by atoms with Crippen LogP contribution in [0.2, 0.25) is 0 Å². The van der Waals surface area contributed by atoms with Gasteiger partial charge in [0.1, 0.15) is 5.84 Å². The minimum atomic E-state index is -0.107. The molecule has 1 aliphatic rings. The number of hydrogen-bond donors (Lipinski definition) is 2. The minimum Gasteiger partial charge on any atom is -0.409 e. The van der Waals surface area contributed by atoms with E-state index in [4.69, 9.17) is 15.7 Å². The van der Waals surface area contributed by atoms with E-state index >= 15 is 0 Å². The largest absolute Gasteiger partial charge is 0.409 e. The summed E-state index contributed by atoms with van der Waals surface area (Å²) in [5.41, 5.74) is 5.28. The first kappa shape index (κ1) is 11.8. The molecule has 0 radical (unpaired) electrons.